The second kappa shape index (κ2) is 13.2. The molecule has 1 aromatic carbocycles. The molecule has 1 aromatic rings. The van der Waals surface area contributed by atoms with Crippen LogP contribution in [0.2, 0.25) is 0 Å². The number of carboxylic acid groups (broad SMARTS) is 1. The first-order valence-corrected chi connectivity index (χ1v) is 16.7. The Hall–Kier alpha value is -4.09. The molecule has 1 saturated heterocycles. The number of ether oxygens (including phenoxy) is 2. The number of nitrogens with one attached hydrogen (secondary N) is 2. The molecule has 256 valence electrons. The van der Waals surface area contributed by atoms with Crippen molar-refractivity contribution in [2.45, 2.75) is 121 Å². The van der Waals surface area contributed by atoms with E-state index in [1.165, 1.54) is 10.5 Å². The number of carbonyl (C=O) groups is 5. The summed E-state index contributed by atoms with van der Waals surface area (Å²) in [5.41, 5.74) is -0.362. The Bertz CT molecular complexity index is 1430. The molecule has 0 aromatic heterocycles. The van der Waals surface area contributed by atoms with Gasteiger partial charge < -0.3 is 35.0 Å². The fraction of sp³-hybridized carbons (Fsp3) is 0.629. The zero-order valence-electron chi connectivity index (χ0n) is 28.0. The molecule has 0 bridgehead atoms. The molecule has 3 N–H and O–H groups in total. The first-order chi connectivity index (χ1) is 22.1. The molecule has 0 unspecified atom stereocenters. The van der Waals surface area contributed by atoms with Crippen LogP contribution in [0.5, 0.6) is 0 Å². The topological polar surface area (TPSA) is 155 Å². The number of allylic oxidation sites excluding steroid dienone is 1. The number of amides is 4. The second-order valence-corrected chi connectivity index (χ2v) is 15.0. The smallest absolute Gasteiger partial charge is 0.410 e. The maximum absolute atomic E-state index is 14.2. The van der Waals surface area contributed by atoms with Crippen molar-refractivity contribution in [1.29, 1.82) is 0 Å². The molecule has 47 heavy (non-hydrogen) atoms. The van der Waals surface area contributed by atoms with Crippen LogP contribution in [-0.4, -0.2) is 87.3 Å². The highest BCUT2D eigenvalue weighted by Gasteiger charge is 2.61. The lowest BCUT2D eigenvalue weighted by Gasteiger charge is -2.39. The van der Waals surface area contributed by atoms with E-state index < -0.39 is 59.3 Å². The van der Waals surface area contributed by atoms with Crippen LogP contribution >= 0.6 is 0 Å². The van der Waals surface area contributed by atoms with Crippen LogP contribution in [0.1, 0.15) is 90.7 Å². The third kappa shape index (κ3) is 7.73. The summed E-state index contributed by atoms with van der Waals surface area (Å²) >= 11 is 0. The number of hydrogen-bond donors (Lipinski definition) is 3. The monoisotopic (exact) mass is 652 g/mol. The highest BCUT2D eigenvalue weighted by molar-refractivity contribution is 5.96. The molecule has 3 heterocycles. The van der Waals surface area contributed by atoms with Crippen molar-refractivity contribution in [3.8, 4) is 0 Å². The largest absolute Gasteiger partial charge is 0.479 e. The highest BCUT2D eigenvalue weighted by atomic mass is 16.6. The van der Waals surface area contributed by atoms with Crippen molar-refractivity contribution in [2.75, 3.05) is 13.1 Å². The van der Waals surface area contributed by atoms with Gasteiger partial charge in [0.1, 0.15) is 29.3 Å². The van der Waals surface area contributed by atoms with Gasteiger partial charge in [0.25, 0.3) is 0 Å². The normalized spacial score (nSPS) is 29.2. The fourth-order valence-electron chi connectivity index (χ4n) is 7.09. The predicted molar refractivity (Wildman–Crippen MR) is 172 cm³/mol. The van der Waals surface area contributed by atoms with Crippen molar-refractivity contribution in [3.63, 3.8) is 0 Å². The van der Waals surface area contributed by atoms with Crippen molar-refractivity contribution in [2.24, 2.45) is 5.92 Å². The zero-order valence-corrected chi connectivity index (χ0v) is 28.0. The summed E-state index contributed by atoms with van der Waals surface area (Å²) in [5.74, 6) is -2.64. The summed E-state index contributed by atoms with van der Waals surface area (Å²) in [6.45, 7) is 10.0. The molecular formula is C35H48N4O8. The van der Waals surface area contributed by atoms with E-state index >= 15 is 0 Å². The zero-order chi connectivity index (χ0) is 34.1. The lowest BCUT2D eigenvalue weighted by atomic mass is 9.78. The van der Waals surface area contributed by atoms with Crippen molar-refractivity contribution in [3.05, 3.63) is 47.5 Å². The standard InChI is InChI=1S/C35H48N4O8/c1-33(2,3)47-31(44)36-26-16-10-8-6-7-9-14-23-18-35(23,30(42)43)37-28(40)27-17-24(20-39(27)29(26)41)46-32(45)38-19-22-13-11-12-15-25(22)34(4,5)21-38/h9,11-15,23-24,26-27H,6-8,10,16-21H2,1-5H3,(H,36,44)(H,37,40)(H,42,43)/t23-,24-,26+,27+,35-/m1/s1. The van der Waals surface area contributed by atoms with Crippen LogP contribution in [0.25, 0.3) is 0 Å². The van der Waals surface area contributed by atoms with E-state index in [1.807, 2.05) is 30.4 Å². The van der Waals surface area contributed by atoms with Crippen LogP contribution in [0.3, 0.4) is 0 Å². The number of fused-ring (bicyclic) bond motifs is 3. The van der Waals surface area contributed by atoms with E-state index in [9.17, 15) is 29.1 Å². The Morgan fingerprint density at radius 3 is 2.55 bits per heavy atom. The molecule has 1 aliphatic carbocycles. The third-order valence-corrected chi connectivity index (χ3v) is 9.53. The molecule has 0 radical (unpaired) electrons. The summed E-state index contributed by atoms with van der Waals surface area (Å²) in [4.78, 5) is 69.7. The van der Waals surface area contributed by atoms with E-state index in [1.54, 1.807) is 25.7 Å². The van der Waals surface area contributed by atoms with Gasteiger partial charge in [0.05, 0.1) is 6.54 Å². The number of alkyl carbamates (subject to hydrolysis) is 1. The molecule has 5 atom stereocenters. The Labute approximate surface area is 276 Å². The number of carboxylic acids is 1. The van der Waals surface area contributed by atoms with E-state index in [4.69, 9.17) is 9.47 Å². The van der Waals surface area contributed by atoms with E-state index in [-0.39, 0.29) is 30.7 Å². The SMILES string of the molecule is CC(C)(C)OC(=O)N[C@H]1CCCCCC=C[C@@H]2C[C@@]2(C(=O)O)NC(=O)[C@@H]2C[C@@H](OC(=O)N3Cc4ccccc4C(C)(C)C3)CN2C1=O. The van der Waals surface area contributed by atoms with Gasteiger partial charge >= 0.3 is 18.2 Å². The molecule has 4 amide bonds. The Balaban J connectivity index is 1.38. The Kier molecular flexibility index (Phi) is 9.62. The van der Waals surface area contributed by atoms with Gasteiger partial charge in [-0.25, -0.2) is 14.4 Å². The number of carbonyl (C=O) groups excluding carboxylic acids is 4. The lowest BCUT2D eigenvalue weighted by Crippen LogP contribution is -2.56. The number of rotatable bonds is 3. The lowest BCUT2D eigenvalue weighted by molar-refractivity contribution is -0.145. The molecule has 2 fully saturated rings. The highest BCUT2D eigenvalue weighted by Crippen LogP contribution is 2.45. The minimum Gasteiger partial charge on any atom is -0.479 e. The molecule has 4 aliphatic rings. The number of hydrogen-bond acceptors (Lipinski definition) is 7. The van der Waals surface area contributed by atoms with Gasteiger partial charge in [0, 0.05) is 30.8 Å². The van der Waals surface area contributed by atoms with Crippen molar-refractivity contribution >= 4 is 30.0 Å². The molecular weight excluding hydrogens is 604 g/mol. The molecule has 0 spiro atoms. The van der Waals surface area contributed by atoms with E-state index in [0.29, 0.717) is 25.9 Å². The van der Waals surface area contributed by atoms with Crippen molar-refractivity contribution < 1.29 is 38.6 Å². The van der Waals surface area contributed by atoms with Crippen LogP contribution < -0.4 is 10.6 Å². The van der Waals surface area contributed by atoms with Crippen LogP contribution in [0.4, 0.5) is 9.59 Å². The minimum absolute atomic E-state index is 0.00744. The molecule has 1 saturated carbocycles. The van der Waals surface area contributed by atoms with Gasteiger partial charge in [-0.15, -0.1) is 0 Å². The summed E-state index contributed by atoms with van der Waals surface area (Å²) < 4.78 is 11.4. The maximum Gasteiger partial charge on any atom is 0.410 e. The fourth-order valence-corrected chi connectivity index (χ4v) is 7.09. The Morgan fingerprint density at radius 2 is 1.83 bits per heavy atom. The van der Waals surface area contributed by atoms with Gasteiger partial charge in [0.2, 0.25) is 11.8 Å². The van der Waals surface area contributed by atoms with E-state index in [2.05, 4.69) is 30.5 Å². The van der Waals surface area contributed by atoms with Crippen LogP contribution in [0, 0.1) is 5.92 Å². The second-order valence-electron chi connectivity index (χ2n) is 15.0. The van der Waals surface area contributed by atoms with Crippen LogP contribution in [0.15, 0.2) is 36.4 Å². The summed E-state index contributed by atoms with van der Waals surface area (Å²) in [6.07, 6.45) is 5.22. The summed E-state index contributed by atoms with van der Waals surface area (Å²) in [6, 6.07) is 5.88. The summed E-state index contributed by atoms with van der Waals surface area (Å²) in [7, 11) is 0. The molecule has 12 heteroatoms. The van der Waals surface area contributed by atoms with Gasteiger partial charge in [-0.2, -0.15) is 0 Å². The molecule has 3 aliphatic heterocycles. The van der Waals surface area contributed by atoms with Gasteiger partial charge in [-0.05, 0) is 57.6 Å². The predicted octanol–water partition coefficient (Wildman–Crippen LogP) is 4.26. The number of benzene rings is 1. The number of aliphatic carboxylic acids is 1. The first-order valence-electron chi connectivity index (χ1n) is 16.7. The van der Waals surface area contributed by atoms with Gasteiger partial charge in [0.15, 0.2) is 0 Å². The quantitative estimate of drug-likeness (QED) is 0.410. The average molecular weight is 653 g/mol. The Morgan fingerprint density at radius 1 is 1.09 bits per heavy atom. The third-order valence-electron chi connectivity index (χ3n) is 9.53. The van der Waals surface area contributed by atoms with E-state index in [0.717, 1.165) is 24.8 Å². The van der Waals surface area contributed by atoms with Crippen molar-refractivity contribution in [1.82, 2.24) is 20.4 Å². The van der Waals surface area contributed by atoms with Crippen LogP contribution in [-0.2, 0) is 35.8 Å². The molecule has 5 rings (SSSR count). The number of nitrogens with zero attached hydrogens (tertiary/aromatic N) is 2. The summed E-state index contributed by atoms with van der Waals surface area (Å²) in [5, 5.41) is 15.5. The first kappa shape index (κ1) is 34.3. The van der Waals surface area contributed by atoms with Gasteiger partial charge in [-0.3, -0.25) is 9.59 Å². The average Bonchev–Trinajstić information content (AvgIpc) is 3.51. The minimum atomic E-state index is -1.46. The van der Waals surface area contributed by atoms with Gasteiger partial charge in [-0.1, -0.05) is 63.1 Å². The molecule has 12 nitrogen and oxygen atoms in total. The maximum atomic E-state index is 14.2.